The molecule has 0 saturated carbocycles. The number of para-hydroxylation sites is 1. The molecular formula is C40H42N2O3. The van der Waals surface area contributed by atoms with Crippen LogP contribution in [0.25, 0.3) is 11.1 Å². The van der Waals surface area contributed by atoms with Crippen molar-refractivity contribution in [1.82, 2.24) is 4.57 Å². The summed E-state index contributed by atoms with van der Waals surface area (Å²) in [4.78, 5) is 26.2. The predicted octanol–water partition coefficient (Wildman–Crippen LogP) is 9.49. The van der Waals surface area contributed by atoms with Gasteiger partial charge in [-0.1, -0.05) is 68.5 Å². The van der Waals surface area contributed by atoms with E-state index in [0.29, 0.717) is 23.9 Å². The number of hydrogen-bond acceptors (Lipinski definition) is 2. The third-order valence-corrected chi connectivity index (χ3v) is 9.52. The summed E-state index contributed by atoms with van der Waals surface area (Å²) >= 11 is 0. The summed E-state index contributed by atoms with van der Waals surface area (Å²) in [7, 11) is 0. The monoisotopic (exact) mass is 598 g/mol. The number of carbonyl (C=O) groups is 2. The lowest BCUT2D eigenvalue weighted by molar-refractivity contribution is 0.0696. The summed E-state index contributed by atoms with van der Waals surface area (Å²) < 4.78 is 2.23. The average Bonchev–Trinajstić information content (AvgIpc) is 3.44. The van der Waals surface area contributed by atoms with E-state index in [-0.39, 0.29) is 5.91 Å². The summed E-state index contributed by atoms with van der Waals surface area (Å²) in [5.74, 6) is 0.376. The highest BCUT2D eigenvalue weighted by atomic mass is 16.4. The molecule has 0 bridgehead atoms. The second-order valence-corrected chi connectivity index (χ2v) is 12.6. The normalized spacial score (nSPS) is 19.1. The summed E-state index contributed by atoms with van der Waals surface area (Å²) in [6, 6.07) is 27.8. The van der Waals surface area contributed by atoms with Crippen LogP contribution in [-0.2, 0) is 13.1 Å². The number of anilines is 1. The zero-order valence-electron chi connectivity index (χ0n) is 26.3. The molecule has 1 amide bonds. The minimum atomic E-state index is -0.864. The highest BCUT2D eigenvalue weighted by molar-refractivity contribution is 6.06. The summed E-state index contributed by atoms with van der Waals surface area (Å²) in [6.45, 7) is 5.92. The van der Waals surface area contributed by atoms with Crippen LogP contribution in [0.3, 0.4) is 0 Å². The Morgan fingerprint density at radius 1 is 0.689 bits per heavy atom. The van der Waals surface area contributed by atoms with Crippen molar-refractivity contribution in [3.8, 4) is 0 Å². The zero-order valence-corrected chi connectivity index (χ0v) is 26.3. The Morgan fingerprint density at radius 2 is 1.27 bits per heavy atom. The Kier molecular flexibility index (Phi) is 9.16. The van der Waals surface area contributed by atoms with Crippen molar-refractivity contribution in [3.05, 3.63) is 137 Å². The molecule has 2 aliphatic carbocycles. The molecule has 5 heteroatoms. The van der Waals surface area contributed by atoms with E-state index < -0.39 is 5.97 Å². The lowest BCUT2D eigenvalue weighted by Crippen LogP contribution is -2.30. The van der Waals surface area contributed by atoms with Crippen molar-refractivity contribution in [3.63, 3.8) is 0 Å². The molecule has 45 heavy (non-hydrogen) atoms. The molecule has 230 valence electrons. The highest BCUT2D eigenvalue weighted by Gasteiger charge is 2.25. The van der Waals surface area contributed by atoms with E-state index in [2.05, 4.69) is 73.2 Å². The molecule has 5 nitrogen and oxygen atoms in total. The molecule has 2 atom stereocenters. The molecular weight excluding hydrogens is 556 g/mol. The van der Waals surface area contributed by atoms with Crippen molar-refractivity contribution in [1.29, 1.82) is 0 Å². The molecule has 7 rings (SSSR count). The lowest BCUT2D eigenvalue weighted by atomic mass is 9.85. The number of fused-ring (bicyclic) bond motifs is 2. The summed E-state index contributed by atoms with van der Waals surface area (Å²) in [5, 5.41) is 8.82. The van der Waals surface area contributed by atoms with Gasteiger partial charge in [-0.15, -0.1) is 0 Å². The maximum absolute atomic E-state index is 13.5. The molecule has 1 aliphatic heterocycles. The number of aromatic carboxylic acids is 1. The maximum Gasteiger partial charge on any atom is 0.335 e. The number of hydrogen-bond donors (Lipinski definition) is 1. The third-order valence-electron chi connectivity index (χ3n) is 9.52. The van der Waals surface area contributed by atoms with E-state index in [9.17, 15) is 9.59 Å². The largest absolute Gasteiger partial charge is 0.478 e. The van der Waals surface area contributed by atoms with Crippen LogP contribution in [0.2, 0.25) is 0 Å². The van der Waals surface area contributed by atoms with Gasteiger partial charge < -0.3 is 14.6 Å². The quantitative estimate of drug-likeness (QED) is 0.254. The van der Waals surface area contributed by atoms with Gasteiger partial charge in [-0.2, -0.15) is 0 Å². The number of carboxylic acid groups (broad SMARTS) is 1. The zero-order chi connectivity index (χ0) is 31.3. The Balaban J connectivity index is 0.000000189. The number of aromatic nitrogens is 1. The standard InChI is InChI=1S/C26H26N2O.C14H16O2/c1-19-7-2-4-10-24(19)20-12-14-21(15-13-20)26(29)28-18-23-9-6-16-27(23)17-22-8-3-5-11-25(22)28;1-10-4-2-3-5-13(10)11-6-8-12(9-7-11)14(15)16/h3,5-6,8-16,19H,2,4,7,17-18H2,1H3;5-10H,2-4H2,1H3,(H,15,16). The molecule has 2 unspecified atom stereocenters. The van der Waals surface area contributed by atoms with Gasteiger partial charge in [0.25, 0.3) is 5.91 Å². The van der Waals surface area contributed by atoms with Crippen LogP contribution in [-0.4, -0.2) is 21.6 Å². The third kappa shape index (κ3) is 6.73. The first-order valence-corrected chi connectivity index (χ1v) is 16.3. The fraction of sp³-hybridized carbons (Fsp3) is 0.300. The van der Waals surface area contributed by atoms with Crippen molar-refractivity contribution in [2.24, 2.45) is 11.8 Å². The predicted molar refractivity (Wildman–Crippen MR) is 182 cm³/mol. The molecule has 4 aromatic rings. The Morgan fingerprint density at radius 3 is 1.84 bits per heavy atom. The van der Waals surface area contributed by atoms with Crippen LogP contribution >= 0.6 is 0 Å². The van der Waals surface area contributed by atoms with Gasteiger partial charge in [-0.25, -0.2) is 4.79 Å². The molecule has 1 aromatic heterocycles. The molecule has 3 aliphatic rings. The first-order chi connectivity index (χ1) is 21.9. The number of carboxylic acids is 1. The second-order valence-electron chi connectivity index (χ2n) is 12.6. The molecule has 2 heterocycles. The van der Waals surface area contributed by atoms with Gasteiger partial charge in [0, 0.05) is 29.7 Å². The Hall–Kier alpha value is -4.64. The van der Waals surface area contributed by atoms with Crippen molar-refractivity contribution < 1.29 is 14.7 Å². The number of amides is 1. The van der Waals surface area contributed by atoms with Crippen molar-refractivity contribution in [2.45, 2.75) is 65.5 Å². The summed E-state index contributed by atoms with van der Waals surface area (Å²) in [5.41, 5.74) is 9.64. The van der Waals surface area contributed by atoms with Gasteiger partial charge in [0.1, 0.15) is 0 Å². The van der Waals surface area contributed by atoms with E-state index in [1.165, 1.54) is 48.0 Å². The molecule has 0 fully saturated rings. The number of rotatable bonds is 4. The molecule has 0 radical (unpaired) electrons. The van der Waals surface area contributed by atoms with Crippen LogP contribution in [0.5, 0.6) is 0 Å². The first kappa shape index (κ1) is 30.4. The smallest absolute Gasteiger partial charge is 0.335 e. The summed E-state index contributed by atoms with van der Waals surface area (Å²) in [6.07, 6.45) is 14.0. The first-order valence-electron chi connectivity index (χ1n) is 16.3. The SMILES string of the molecule is CC1CCCC=C1c1ccc(C(=O)N2Cc3cccn3Cc3ccccc32)cc1.CC1CCCC=C1c1ccc(C(=O)O)cc1. The van der Waals surface area contributed by atoms with Gasteiger partial charge in [0.2, 0.25) is 0 Å². The van der Waals surface area contributed by atoms with Crippen LogP contribution in [0.4, 0.5) is 5.69 Å². The van der Waals surface area contributed by atoms with Crippen LogP contribution in [0.1, 0.15) is 95.5 Å². The van der Waals surface area contributed by atoms with Gasteiger partial charge >= 0.3 is 5.97 Å². The Labute approximate surface area is 266 Å². The maximum atomic E-state index is 13.5. The highest BCUT2D eigenvalue weighted by Crippen LogP contribution is 2.34. The van der Waals surface area contributed by atoms with Gasteiger partial charge in [0.15, 0.2) is 0 Å². The molecule has 0 spiro atoms. The van der Waals surface area contributed by atoms with Crippen molar-refractivity contribution >= 4 is 28.7 Å². The van der Waals surface area contributed by atoms with E-state index >= 15 is 0 Å². The lowest BCUT2D eigenvalue weighted by Gasteiger charge is -2.24. The molecule has 1 N–H and O–H groups in total. The van der Waals surface area contributed by atoms with Gasteiger partial charge in [-0.05, 0) is 121 Å². The number of benzene rings is 3. The topological polar surface area (TPSA) is 62.5 Å². The minimum Gasteiger partial charge on any atom is -0.478 e. The van der Waals surface area contributed by atoms with Crippen LogP contribution < -0.4 is 4.90 Å². The van der Waals surface area contributed by atoms with E-state index in [1.54, 1.807) is 12.1 Å². The van der Waals surface area contributed by atoms with E-state index in [1.807, 2.05) is 41.3 Å². The van der Waals surface area contributed by atoms with Gasteiger partial charge in [-0.3, -0.25) is 4.79 Å². The van der Waals surface area contributed by atoms with E-state index in [0.717, 1.165) is 41.9 Å². The van der Waals surface area contributed by atoms with Gasteiger partial charge in [0.05, 0.1) is 12.1 Å². The van der Waals surface area contributed by atoms with Crippen LogP contribution in [0.15, 0.2) is 103 Å². The molecule has 0 saturated heterocycles. The fourth-order valence-electron chi connectivity index (χ4n) is 6.91. The number of carbonyl (C=O) groups excluding carboxylic acids is 1. The number of allylic oxidation sites excluding steroid dienone is 4. The van der Waals surface area contributed by atoms with E-state index in [4.69, 9.17) is 5.11 Å². The fourth-order valence-corrected chi connectivity index (χ4v) is 6.91. The molecule has 3 aromatic carbocycles. The number of nitrogens with zero attached hydrogens (tertiary/aromatic N) is 2. The van der Waals surface area contributed by atoms with Crippen molar-refractivity contribution in [2.75, 3.05) is 4.90 Å². The average molecular weight is 599 g/mol. The second kappa shape index (κ2) is 13.6. The minimum absolute atomic E-state index is 0.0596. The Bertz CT molecular complexity index is 1730. The van der Waals surface area contributed by atoms with Crippen LogP contribution in [0, 0.1) is 11.8 Å².